The molecule has 1 aliphatic rings. The Kier molecular flexibility index (Phi) is 6.57. The first-order valence-electron chi connectivity index (χ1n) is 9.03. The molecule has 0 unspecified atom stereocenters. The van der Waals surface area contributed by atoms with Gasteiger partial charge in [0.2, 0.25) is 0 Å². The number of benzene rings is 1. The van der Waals surface area contributed by atoms with E-state index in [-0.39, 0.29) is 6.61 Å². The minimum atomic E-state index is -0.461. The van der Waals surface area contributed by atoms with Crippen LogP contribution in [0.25, 0.3) is 0 Å². The van der Waals surface area contributed by atoms with Crippen molar-refractivity contribution in [3.8, 4) is 5.75 Å². The van der Waals surface area contributed by atoms with Gasteiger partial charge < -0.3 is 10.5 Å². The van der Waals surface area contributed by atoms with Gasteiger partial charge in [-0.2, -0.15) is 0 Å². The summed E-state index contributed by atoms with van der Waals surface area (Å²) in [4.78, 5) is 19.9. The highest BCUT2D eigenvalue weighted by atomic mass is 16.5. The van der Waals surface area contributed by atoms with E-state index < -0.39 is 5.91 Å². The maximum atomic E-state index is 10.9. The average Bonchev–Trinajstić information content (AvgIpc) is 2.86. The number of carbonyl (C=O) groups is 1. The maximum absolute atomic E-state index is 10.9. The summed E-state index contributed by atoms with van der Waals surface area (Å²) < 4.78 is 5.40. The first kappa shape index (κ1) is 18.4. The fraction of sp³-hybridized carbons (Fsp3) is 0.400. The lowest BCUT2D eigenvalue weighted by Crippen LogP contribution is -2.30. The molecule has 3 rings (SSSR count). The van der Waals surface area contributed by atoms with Crippen LogP contribution < -0.4 is 10.5 Å². The molecule has 0 radical (unpaired) electrons. The summed E-state index contributed by atoms with van der Waals surface area (Å²) in [5.41, 5.74) is 7.64. The number of nitrogens with zero attached hydrogens (tertiary/aromatic N) is 3. The number of hydrogen-bond acceptors (Lipinski definition) is 5. The van der Waals surface area contributed by atoms with Gasteiger partial charge >= 0.3 is 0 Å². The predicted molar refractivity (Wildman–Crippen MR) is 101 cm³/mol. The predicted octanol–water partition coefficient (Wildman–Crippen LogP) is 1.65. The van der Waals surface area contributed by atoms with Crippen LogP contribution in [0.5, 0.6) is 5.75 Å². The Morgan fingerprint density at radius 3 is 2.38 bits per heavy atom. The monoisotopic (exact) mass is 354 g/mol. The molecule has 26 heavy (non-hydrogen) atoms. The third-order valence-electron chi connectivity index (χ3n) is 4.52. The number of primary amides is 1. The molecule has 2 aromatic rings. The fourth-order valence-corrected chi connectivity index (χ4v) is 3.23. The number of hydrogen-bond donors (Lipinski definition) is 1. The molecule has 0 spiro atoms. The zero-order valence-corrected chi connectivity index (χ0v) is 15.0. The largest absolute Gasteiger partial charge is 0.484 e. The first-order valence-corrected chi connectivity index (χ1v) is 9.03. The minimum Gasteiger partial charge on any atom is -0.484 e. The molecule has 2 N–H and O–H groups in total. The molecule has 2 heterocycles. The number of pyridine rings is 1. The summed E-state index contributed by atoms with van der Waals surface area (Å²) in [6.07, 6.45) is 4.86. The molecular weight excluding hydrogens is 328 g/mol. The van der Waals surface area contributed by atoms with Crippen molar-refractivity contribution in [1.29, 1.82) is 0 Å². The standard InChI is InChI=1S/C20H26N4O2/c21-20(25)16-26-19-4-1-3-18(13-19)15-24-10-2-9-23(11-12-24)14-17-5-7-22-8-6-17/h1,3-8,13H,2,9-12,14-16H2,(H2,21,25). The van der Waals surface area contributed by atoms with Gasteiger partial charge in [0.25, 0.3) is 5.91 Å². The smallest absolute Gasteiger partial charge is 0.255 e. The van der Waals surface area contributed by atoms with Crippen molar-refractivity contribution >= 4 is 5.91 Å². The second kappa shape index (κ2) is 9.31. The lowest BCUT2D eigenvalue weighted by atomic mass is 10.2. The molecule has 1 aliphatic heterocycles. The van der Waals surface area contributed by atoms with Crippen LogP contribution in [-0.2, 0) is 17.9 Å². The van der Waals surface area contributed by atoms with Crippen LogP contribution in [0.4, 0.5) is 0 Å². The van der Waals surface area contributed by atoms with Crippen molar-refractivity contribution in [3.05, 3.63) is 59.9 Å². The highest BCUT2D eigenvalue weighted by Crippen LogP contribution is 2.16. The topological polar surface area (TPSA) is 71.7 Å². The number of rotatable bonds is 7. The van der Waals surface area contributed by atoms with Crippen molar-refractivity contribution in [2.75, 3.05) is 32.8 Å². The highest BCUT2D eigenvalue weighted by molar-refractivity contribution is 5.75. The zero-order chi connectivity index (χ0) is 18.2. The molecule has 0 atom stereocenters. The molecule has 1 aromatic heterocycles. The van der Waals surface area contributed by atoms with E-state index in [0.29, 0.717) is 5.75 Å². The van der Waals surface area contributed by atoms with Crippen molar-refractivity contribution in [3.63, 3.8) is 0 Å². The van der Waals surface area contributed by atoms with Crippen LogP contribution in [0.1, 0.15) is 17.5 Å². The summed E-state index contributed by atoms with van der Waals surface area (Å²) in [6.45, 7) is 6.07. The molecule has 6 heteroatoms. The maximum Gasteiger partial charge on any atom is 0.255 e. The molecule has 1 aromatic carbocycles. The van der Waals surface area contributed by atoms with E-state index in [4.69, 9.17) is 10.5 Å². The Hall–Kier alpha value is -2.44. The Morgan fingerprint density at radius 2 is 1.69 bits per heavy atom. The number of ether oxygens (including phenoxy) is 1. The average molecular weight is 354 g/mol. The lowest BCUT2D eigenvalue weighted by Gasteiger charge is -2.22. The van der Waals surface area contributed by atoms with Gasteiger partial charge in [-0.1, -0.05) is 12.1 Å². The molecule has 1 amide bonds. The lowest BCUT2D eigenvalue weighted by molar-refractivity contribution is -0.119. The van der Waals surface area contributed by atoms with Gasteiger partial charge in [-0.05, 0) is 54.9 Å². The molecule has 0 bridgehead atoms. The third-order valence-corrected chi connectivity index (χ3v) is 4.52. The normalized spacial score (nSPS) is 16.2. The van der Waals surface area contributed by atoms with Gasteiger partial charge in [0.05, 0.1) is 0 Å². The van der Waals surface area contributed by atoms with Crippen LogP contribution >= 0.6 is 0 Å². The van der Waals surface area contributed by atoms with Gasteiger partial charge in [-0.3, -0.25) is 19.6 Å². The Labute approximate surface area is 154 Å². The highest BCUT2D eigenvalue weighted by Gasteiger charge is 2.15. The Balaban J connectivity index is 1.51. The fourth-order valence-electron chi connectivity index (χ4n) is 3.23. The summed E-state index contributed by atoms with van der Waals surface area (Å²) in [5.74, 6) is 0.229. The molecule has 6 nitrogen and oxygen atoms in total. The van der Waals surface area contributed by atoms with Gasteiger partial charge in [-0.25, -0.2) is 0 Å². The van der Waals surface area contributed by atoms with Crippen LogP contribution in [0.15, 0.2) is 48.8 Å². The molecular formula is C20H26N4O2. The van der Waals surface area contributed by atoms with E-state index in [2.05, 4.69) is 33.0 Å². The van der Waals surface area contributed by atoms with E-state index in [1.807, 2.05) is 30.6 Å². The SMILES string of the molecule is NC(=O)COc1cccc(CN2CCCN(Cc3ccncc3)CC2)c1. The van der Waals surface area contributed by atoms with E-state index >= 15 is 0 Å². The van der Waals surface area contributed by atoms with Crippen molar-refractivity contribution < 1.29 is 9.53 Å². The molecule has 0 aliphatic carbocycles. The Bertz CT molecular complexity index is 708. The van der Waals surface area contributed by atoms with E-state index in [1.54, 1.807) is 0 Å². The summed E-state index contributed by atoms with van der Waals surface area (Å²) >= 11 is 0. The van der Waals surface area contributed by atoms with Gasteiger partial charge in [0.1, 0.15) is 5.75 Å². The van der Waals surface area contributed by atoms with E-state index in [0.717, 1.165) is 45.7 Å². The van der Waals surface area contributed by atoms with Gasteiger partial charge in [0.15, 0.2) is 6.61 Å². The number of nitrogens with two attached hydrogens (primary N) is 1. The van der Waals surface area contributed by atoms with Crippen molar-refractivity contribution in [1.82, 2.24) is 14.8 Å². The molecule has 138 valence electrons. The summed E-state index contributed by atoms with van der Waals surface area (Å²) in [7, 11) is 0. The summed E-state index contributed by atoms with van der Waals surface area (Å²) in [6, 6.07) is 12.1. The molecule has 1 saturated heterocycles. The molecule has 1 fully saturated rings. The Morgan fingerprint density at radius 1 is 1.00 bits per heavy atom. The third kappa shape index (κ3) is 5.82. The van der Waals surface area contributed by atoms with Crippen LogP contribution in [0.3, 0.4) is 0 Å². The van der Waals surface area contributed by atoms with Gasteiger partial charge in [-0.15, -0.1) is 0 Å². The number of amides is 1. The second-order valence-corrected chi connectivity index (χ2v) is 6.66. The number of aromatic nitrogens is 1. The van der Waals surface area contributed by atoms with E-state index in [1.165, 1.54) is 11.1 Å². The van der Waals surface area contributed by atoms with Crippen LogP contribution in [0.2, 0.25) is 0 Å². The number of carbonyl (C=O) groups excluding carboxylic acids is 1. The summed E-state index contributed by atoms with van der Waals surface area (Å²) in [5, 5.41) is 0. The van der Waals surface area contributed by atoms with Crippen LogP contribution in [-0.4, -0.2) is 53.5 Å². The van der Waals surface area contributed by atoms with Gasteiger partial charge in [0, 0.05) is 38.6 Å². The van der Waals surface area contributed by atoms with E-state index in [9.17, 15) is 4.79 Å². The molecule has 0 saturated carbocycles. The zero-order valence-electron chi connectivity index (χ0n) is 15.0. The minimum absolute atomic E-state index is 0.0862. The second-order valence-electron chi connectivity index (χ2n) is 6.66. The van der Waals surface area contributed by atoms with Crippen molar-refractivity contribution in [2.24, 2.45) is 5.73 Å². The first-order chi connectivity index (χ1) is 12.7. The quantitative estimate of drug-likeness (QED) is 0.819. The van der Waals surface area contributed by atoms with Crippen molar-refractivity contribution in [2.45, 2.75) is 19.5 Å². The van der Waals surface area contributed by atoms with Crippen LogP contribution in [0, 0.1) is 0 Å².